The highest BCUT2D eigenvalue weighted by Gasteiger charge is 2.16. The Morgan fingerprint density at radius 1 is 1.45 bits per heavy atom. The van der Waals surface area contributed by atoms with Crippen molar-refractivity contribution in [3.05, 3.63) is 41.2 Å². The normalized spacial score (nSPS) is 10.8. The van der Waals surface area contributed by atoms with Crippen molar-refractivity contribution in [3.63, 3.8) is 0 Å². The second-order valence-corrected chi connectivity index (χ2v) is 5.38. The average Bonchev–Trinajstić information content (AvgIpc) is 3.01. The van der Waals surface area contributed by atoms with E-state index in [0.717, 1.165) is 10.4 Å². The van der Waals surface area contributed by atoms with Gasteiger partial charge in [0.25, 0.3) is 5.91 Å². The Morgan fingerprint density at radius 2 is 2.30 bits per heavy atom. The first-order valence-corrected chi connectivity index (χ1v) is 6.86. The molecular formula is C13H13N5OS. The number of carbonyl (C=O) groups is 1. The maximum Gasteiger partial charge on any atom is 0.263 e. The Balaban J connectivity index is 1.82. The van der Waals surface area contributed by atoms with Crippen molar-refractivity contribution in [2.45, 2.75) is 6.54 Å². The van der Waals surface area contributed by atoms with E-state index in [4.69, 9.17) is 5.73 Å². The van der Waals surface area contributed by atoms with Crippen molar-refractivity contribution >= 4 is 33.1 Å². The van der Waals surface area contributed by atoms with Gasteiger partial charge in [0, 0.05) is 19.4 Å². The van der Waals surface area contributed by atoms with Gasteiger partial charge < -0.3 is 11.1 Å². The molecule has 0 aliphatic heterocycles. The van der Waals surface area contributed by atoms with Crippen LogP contribution in [-0.4, -0.2) is 20.7 Å². The van der Waals surface area contributed by atoms with Crippen molar-refractivity contribution in [1.29, 1.82) is 0 Å². The standard InChI is InChI=1S/C13H13N5OS/c1-18-8(4-6-17-18)7-16-13(19)12-10(14)11-9(20-12)3-2-5-15-11/h2-6H,7,14H2,1H3,(H,16,19). The van der Waals surface area contributed by atoms with E-state index in [1.54, 1.807) is 17.1 Å². The maximum absolute atomic E-state index is 12.2. The Morgan fingerprint density at radius 3 is 3.00 bits per heavy atom. The first-order valence-electron chi connectivity index (χ1n) is 6.05. The molecule has 7 heteroatoms. The summed E-state index contributed by atoms with van der Waals surface area (Å²) in [6.07, 6.45) is 3.36. The molecule has 0 aliphatic rings. The summed E-state index contributed by atoms with van der Waals surface area (Å²) in [6, 6.07) is 5.59. The van der Waals surface area contributed by atoms with Gasteiger partial charge in [-0.1, -0.05) is 0 Å². The Kier molecular flexibility index (Phi) is 3.11. The summed E-state index contributed by atoms with van der Waals surface area (Å²) in [6.45, 7) is 0.413. The molecule has 0 fully saturated rings. The van der Waals surface area contributed by atoms with Crippen molar-refractivity contribution < 1.29 is 4.79 Å². The molecule has 3 rings (SSSR count). The zero-order valence-corrected chi connectivity index (χ0v) is 11.6. The fourth-order valence-corrected chi connectivity index (χ4v) is 2.94. The number of anilines is 1. The van der Waals surface area contributed by atoms with E-state index in [1.165, 1.54) is 11.3 Å². The lowest BCUT2D eigenvalue weighted by molar-refractivity contribution is 0.0955. The molecule has 0 aromatic carbocycles. The Labute approximate surface area is 119 Å². The summed E-state index contributed by atoms with van der Waals surface area (Å²) in [5.74, 6) is -0.188. The molecule has 102 valence electrons. The zero-order valence-electron chi connectivity index (χ0n) is 10.8. The number of thiophene rings is 1. The number of pyridine rings is 1. The summed E-state index contributed by atoms with van der Waals surface area (Å²) < 4.78 is 2.63. The van der Waals surface area contributed by atoms with Gasteiger partial charge in [-0.2, -0.15) is 5.10 Å². The predicted octanol–water partition coefficient (Wildman–Crippen LogP) is 1.54. The van der Waals surface area contributed by atoms with Crippen LogP contribution in [0.2, 0.25) is 0 Å². The van der Waals surface area contributed by atoms with Gasteiger partial charge in [-0.25, -0.2) is 0 Å². The minimum absolute atomic E-state index is 0.188. The molecule has 0 bridgehead atoms. The highest BCUT2D eigenvalue weighted by atomic mass is 32.1. The van der Waals surface area contributed by atoms with Crippen molar-refractivity contribution in [1.82, 2.24) is 20.1 Å². The zero-order chi connectivity index (χ0) is 14.1. The lowest BCUT2D eigenvalue weighted by Gasteiger charge is -2.04. The van der Waals surface area contributed by atoms with Crippen LogP contribution in [0.5, 0.6) is 0 Å². The molecule has 0 aliphatic carbocycles. The summed E-state index contributed by atoms with van der Waals surface area (Å²) >= 11 is 1.35. The second kappa shape index (κ2) is 4.93. The van der Waals surface area contributed by atoms with Crippen LogP contribution in [0.3, 0.4) is 0 Å². The van der Waals surface area contributed by atoms with Gasteiger partial charge >= 0.3 is 0 Å². The number of rotatable bonds is 3. The summed E-state index contributed by atoms with van der Waals surface area (Å²) in [7, 11) is 1.83. The number of nitrogens with zero attached hydrogens (tertiary/aromatic N) is 3. The van der Waals surface area contributed by atoms with Gasteiger partial charge in [0.05, 0.1) is 22.6 Å². The van der Waals surface area contributed by atoms with Crippen molar-refractivity contribution in [2.24, 2.45) is 7.05 Å². The van der Waals surface area contributed by atoms with E-state index in [1.807, 2.05) is 25.2 Å². The summed E-state index contributed by atoms with van der Waals surface area (Å²) in [5, 5.41) is 6.90. The van der Waals surface area contributed by atoms with Crippen LogP contribution in [0.1, 0.15) is 15.4 Å². The quantitative estimate of drug-likeness (QED) is 0.765. The maximum atomic E-state index is 12.2. The van der Waals surface area contributed by atoms with Crippen LogP contribution in [0, 0.1) is 0 Å². The van der Waals surface area contributed by atoms with E-state index in [-0.39, 0.29) is 5.91 Å². The predicted molar refractivity (Wildman–Crippen MR) is 78.4 cm³/mol. The number of amides is 1. The van der Waals surface area contributed by atoms with Gasteiger partial charge in [0.2, 0.25) is 0 Å². The molecule has 6 nitrogen and oxygen atoms in total. The Hall–Kier alpha value is -2.41. The fraction of sp³-hybridized carbons (Fsp3) is 0.154. The smallest absolute Gasteiger partial charge is 0.263 e. The molecule has 1 amide bonds. The second-order valence-electron chi connectivity index (χ2n) is 4.32. The van der Waals surface area contributed by atoms with Crippen LogP contribution in [-0.2, 0) is 13.6 Å². The van der Waals surface area contributed by atoms with E-state index in [0.29, 0.717) is 22.6 Å². The molecule has 0 spiro atoms. The van der Waals surface area contributed by atoms with Crippen LogP contribution >= 0.6 is 11.3 Å². The van der Waals surface area contributed by atoms with Gasteiger partial charge in [-0.3, -0.25) is 14.5 Å². The summed E-state index contributed by atoms with van der Waals surface area (Å²) in [4.78, 5) is 16.9. The number of carbonyl (C=O) groups excluding carboxylic acids is 1. The van der Waals surface area contributed by atoms with E-state index in [9.17, 15) is 4.79 Å². The molecule has 0 unspecified atom stereocenters. The SMILES string of the molecule is Cn1nccc1CNC(=O)c1sc2cccnc2c1N. The van der Waals surface area contributed by atoms with Crippen LogP contribution in [0.4, 0.5) is 5.69 Å². The molecule has 20 heavy (non-hydrogen) atoms. The molecule has 0 radical (unpaired) electrons. The lowest BCUT2D eigenvalue weighted by atomic mass is 10.3. The van der Waals surface area contributed by atoms with Gasteiger partial charge in [-0.05, 0) is 18.2 Å². The minimum Gasteiger partial charge on any atom is -0.396 e. The molecule has 3 N–H and O–H groups in total. The molecule has 3 aromatic rings. The minimum atomic E-state index is -0.188. The topological polar surface area (TPSA) is 85.8 Å². The number of aryl methyl sites for hydroxylation is 1. The Bertz CT molecular complexity index is 776. The monoisotopic (exact) mass is 287 g/mol. The van der Waals surface area contributed by atoms with Gasteiger partial charge in [0.15, 0.2) is 0 Å². The lowest BCUT2D eigenvalue weighted by Crippen LogP contribution is -2.23. The number of aromatic nitrogens is 3. The summed E-state index contributed by atoms with van der Waals surface area (Å²) in [5.41, 5.74) is 8.04. The average molecular weight is 287 g/mol. The van der Waals surface area contributed by atoms with E-state index < -0.39 is 0 Å². The van der Waals surface area contributed by atoms with E-state index >= 15 is 0 Å². The third-order valence-corrected chi connectivity index (χ3v) is 4.20. The highest BCUT2D eigenvalue weighted by Crippen LogP contribution is 2.31. The van der Waals surface area contributed by atoms with Gasteiger partial charge in [0.1, 0.15) is 10.4 Å². The van der Waals surface area contributed by atoms with Crippen LogP contribution < -0.4 is 11.1 Å². The number of hydrogen-bond acceptors (Lipinski definition) is 5. The highest BCUT2D eigenvalue weighted by molar-refractivity contribution is 7.21. The molecule has 0 saturated heterocycles. The first-order chi connectivity index (χ1) is 9.66. The number of nitrogens with one attached hydrogen (secondary N) is 1. The third kappa shape index (κ3) is 2.12. The molecular weight excluding hydrogens is 274 g/mol. The fourth-order valence-electron chi connectivity index (χ4n) is 1.94. The first kappa shape index (κ1) is 12.6. The van der Waals surface area contributed by atoms with Crippen LogP contribution in [0.15, 0.2) is 30.6 Å². The molecule has 3 heterocycles. The molecule has 3 aromatic heterocycles. The van der Waals surface area contributed by atoms with Crippen molar-refractivity contribution in [3.8, 4) is 0 Å². The molecule has 0 atom stereocenters. The largest absolute Gasteiger partial charge is 0.396 e. The number of hydrogen-bond donors (Lipinski definition) is 2. The van der Waals surface area contributed by atoms with Crippen molar-refractivity contribution in [2.75, 3.05) is 5.73 Å². The van der Waals surface area contributed by atoms with Gasteiger partial charge in [-0.15, -0.1) is 11.3 Å². The number of nitrogens with two attached hydrogens (primary N) is 1. The van der Waals surface area contributed by atoms with E-state index in [2.05, 4.69) is 15.4 Å². The number of fused-ring (bicyclic) bond motifs is 1. The molecule has 0 saturated carbocycles. The number of nitrogen functional groups attached to an aromatic ring is 1. The van der Waals surface area contributed by atoms with Crippen LogP contribution in [0.25, 0.3) is 10.2 Å². The third-order valence-electron chi connectivity index (χ3n) is 3.04.